The predicted octanol–water partition coefficient (Wildman–Crippen LogP) is 0.126. The van der Waals surface area contributed by atoms with Gasteiger partial charge < -0.3 is 15.5 Å². The number of carbonyl (C=O) groups excluding carboxylic acids is 1. The summed E-state index contributed by atoms with van der Waals surface area (Å²) in [6.07, 6.45) is 0.402. The molecule has 0 aliphatic heterocycles. The summed E-state index contributed by atoms with van der Waals surface area (Å²) in [6, 6.07) is 1.58. The Balaban J connectivity index is 2.66. The fourth-order valence-electron chi connectivity index (χ4n) is 1.06. The van der Waals surface area contributed by atoms with E-state index >= 15 is 0 Å². The van der Waals surface area contributed by atoms with Gasteiger partial charge in [0.1, 0.15) is 0 Å². The Labute approximate surface area is 98.1 Å². The molecule has 0 aliphatic rings. The molecule has 0 aromatic carbocycles. The lowest BCUT2D eigenvalue weighted by Crippen LogP contribution is -2.34. The Kier molecular flexibility index (Phi) is 4.67. The van der Waals surface area contributed by atoms with Crippen LogP contribution in [0.3, 0.4) is 0 Å². The lowest BCUT2D eigenvalue weighted by Gasteiger charge is -2.09. The van der Waals surface area contributed by atoms with E-state index < -0.39 is 18.6 Å². The summed E-state index contributed by atoms with van der Waals surface area (Å²) in [5.74, 6) is -0.426. The highest BCUT2D eigenvalue weighted by Crippen LogP contribution is 2.15. The van der Waals surface area contributed by atoms with E-state index in [-0.39, 0.29) is 12.1 Å². The van der Waals surface area contributed by atoms with Gasteiger partial charge in [0.15, 0.2) is 0 Å². The van der Waals surface area contributed by atoms with Crippen molar-refractivity contribution in [2.75, 3.05) is 13.2 Å². The molecule has 6 heteroatoms. The number of halogens is 1. The molecule has 16 heavy (non-hydrogen) atoms. The molecule has 1 heterocycles. The van der Waals surface area contributed by atoms with E-state index in [0.29, 0.717) is 5.02 Å². The molecular weight excluding hydrogens is 232 g/mol. The van der Waals surface area contributed by atoms with Gasteiger partial charge in [-0.2, -0.15) is 0 Å². The van der Waals surface area contributed by atoms with Gasteiger partial charge in [-0.05, 0) is 13.0 Å². The van der Waals surface area contributed by atoms with Gasteiger partial charge in [-0.15, -0.1) is 0 Å². The molecule has 1 unspecified atom stereocenters. The molecule has 0 spiro atoms. The van der Waals surface area contributed by atoms with E-state index in [1.165, 1.54) is 6.20 Å². The average molecular weight is 245 g/mol. The lowest BCUT2D eigenvalue weighted by molar-refractivity contribution is 0.0802. The van der Waals surface area contributed by atoms with E-state index in [9.17, 15) is 4.79 Å². The molecule has 0 saturated carbocycles. The van der Waals surface area contributed by atoms with Crippen molar-refractivity contribution in [1.29, 1.82) is 0 Å². The van der Waals surface area contributed by atoms with Crippen LogP contribution in [-0.2, 0) is 0 Å². The van der Waals surface area contributed by atoms with Crippen molar-refractivity contribution in [2.45, 2.75) is 13.0 Å². The van der Waals surface area contributed by atoms with Crippen molar-refractivity contribution in [3.8, 4) is 0 Å². The zero-order chi connectivity index (χ0) is 12.1. The molecule has 0 saturated heterocycles. The summed E-state index contributed by atoms with van der Waals surface area (Å²) in [5, 5.41) is 20.4. The number of hydrogen-bond donors (Lipinski definition) is 3. The summed E-state index contributed by atoms with van der Waals surface area (Å²) >= 11 is 5.86. The van der Waals surface area contributed by atoms with Crippen molar-refractivity contribution in [3.05, 3.63) is 28.5 Å². The molecule has 88 valence electrons. The minimum absolute atomic E-state index is 0.0282. The van der Waals surface area contributed by atoms with E-state index in [1.807, 2.05) is 0 Å². The standard InChI is InChI=1S/C10H13ClN2O3/c1-6-2-9(11)8(4-12-6)10(16)13-3-7(15)5-14/h2,4,7,14-15H,3,5H2,1H3,(H,13,16). The first-order chi connectivity index (χ1) is 7.54. The highest BCUT2D eigenvalue weighted by Gasteiger charge is 2.12. The largest absolute Gasteiger partial charge is 0.394 e. The molecule has 1 aromatic rings. The number of pyridine rings is 1. The number of amides is 1. The van der Waals surface area contributed by atoms with E-state index in [1.54, 1.807) is 13.0 Å². The zero-order valence-corrected chi connectivity index (χ0v) is 9.53. The first-order valence-corrected chi connectivity index (χ1v) is 5.11. The molecule has 0 aliphatic carbocycles. The maximum Gasteiger partial charge on any atom is 0.254 e. The number of aromatic nitrogens is 1. The Bertz CT molecular complexity index is 384. The van der Waals surface area contributed by atoms with Gasteiger partial charge in [0.05, 0.1) is 23.3 Å². The Morgan fingerprint density at radius 3 is 2.94 bits per heavy atom. The summed E-state index contributed by atoms with van der Waals surface area (Å²) in [6.45, 7) is 1.34. The minimum Gasteiger partial charge on any atom is -0.394 e. The first kappa shape index (κ1) is 12.9. The van der Waals surface area contributed by atoms with Crippen LogP contribution in [0, 0.1) is 6.92 Å². The normalized spacial score (nSPS) is 12.2. The molecule has 0 fully saturated rings. The van der Waals surface area contributed by atoms with Gasteiger partial charge in [-0.1, -0.05) is 11.6 Å². The zero-order valence-electron chi connectivity index (χ0n) is 8.77. The van der Waals surface area contributed by atoms with Crippen LogP contribution in [-0.4, -0.2) is 40.4 Å². The second-order valence-corrected chi connectivity index (χ2v) is 3.76. The predicted molar refractivity (Wildman–Crippen MR) is 59.4 cm³/mol. The van der Waals surface area contributed by atoms with E-state index in [0.717, 1.165) is 5.69 Å². The Morgan fingerprint density at radius 2 is 2.38 bits per heavy atom. The second-order valence-electron chi connectivity index (χ2n) is 3.35. The van der Waals surface area contributed by atoms with Gasteiger partial charge in [0, 0.05) is 18.4 Å². The molecule has 1 amide bonds. The number of aryl methyl sites for hydroxylation is 1. The molecule has 1 atom stereocenters. The van der Waals surface area contributed by atoms with Gasteiger partial charge >= 0.3 is 0 Å². The van der Waals surface area contributed by atoms with Crippen molar-refractivity contribution < 1.29 is 15.0 Å². The van der Waals surface area contributed by atoms with Crippen molar-refractivity contribution in [3.63, 3.8) is 0 Å². The number of nitrogens with zero attached hydrogens (tertiary/aromatic N) is 1. The quantitative estimate of drug-likeness (QED) is 0.703. The number of aliphatic hydroxyl groups is 2. The lowest BCUT2D eigenvalue weighted by atomic mass is 10.2. The fraction of sp³-hybridized carbons (Fsp3) is 0.400. The van der Waals surface area contributed by atoms with Crippen LogP contribution in [0.2, 0.25) is 5.02 Å². The molecular formula is C10H13ClN2O3. The smallest absolute Gasteiger partial charge is 0.254 e. The van der Waals surface area contributed by atoms with Crippen LogP contribution in [0.1, 0.15) is 16.1 Å². The Hall–Kier alpha value is -1.17. The number of nitrogens with one attached hydrogen (secondary N) is 1. The second kappa shape index (κ2) is 5.79. The maximum atomic E-state index is 11.6. The molecule has 1 rings (SSSR count). The van der Waals surface area contributed by atoms with Crippen LogP contribution in [0.25, 0.3) is 0 Å². The average Bonchev–Trinajstić information content (AvgIpc) is 2.25. The maximum absolute atomic E-state index is 11.6. The van der Waals surface area contributed by atoms with Gasteiger partial charge in [-0.25, -0.2) is 0 Å². The number of rotatable bonds is 4. The third-order valence-electron chi connectivity index (χ3n) is 1.94. The molecule has 3 N–H and O–H groups in total. The van der Waals surface area contributed by atoms with Gasteiger partial charge in [0.2, 0.25) is 0 Å². The monoisotopic (exact) mass is 244 g/mol. The van der Waals surface area contributed by atoms with Gasteiger partial charge in [0.25, 0.3) is 5.91 Å². The third-order valence-corrected chi connectivity index (χ3v) is 2.26. The number of aliphatic hydroxyl groups excluding tert-OH is 2. The minimum atomic E-state index is -0.971. The molecule has 5 nitrogen and oxygen atoms in total. The van der Waals surface area contributed by atoms with E-state index in [2.05, 4.69) is 10.3 Å². The van der Waals surface area contributed by atoms with Crippen molar-refractivity contribution >= 4 is 17.5 Å². The van der Waals surface area contributed by atoms with Crippen LogP contribution >= 0.6 is 11.6 Å². The van der Waals surface area contributed by atoms with Crippen LogP contribution in [0.15, 0.2) is 12.3 Å². The Morgan fingerprint density at radius 1 is 1.69 bits per heavy atom. The summed E-state index contributed by atoms with van der Waals surface area (Å²) < 4.78 is 0. The van der Waals surface area contributed by atoms with Crippen molar-refractivity contribution in [1.82, 2.24) is 10.3 Å². The number of carbonyl (C=O) groups is 1. The van der Waals surface area contributed by atoms with E-state index in [4.69, 9.17) is 21.8 Å². The SMILES string of the molecule is Cc1cc(Cl)c(C(=O)NCC(O)CO)cn1. The van der Waals surface area contributed by atoms with Crippen LogP contribution in [0.4, 0.5) is 0 Å². The van der Waals surface area contributed by atoms with Crippen LogP contribution in [0.5, 0.6) is 0 Å². The highest BCUT2D eigenvalue weighted by molar-refractivity contribution is 6.33. The number of hydrogen-bond acceptors (Lipinski definition) is 4. The van der Waals surface area contributed by atoms with Crippen molar-refractivity contribution in [2.24, 2.45) is 0 Å². The molecule has 0 radical (unpaired) electrons. The van der Waals surface area contributed by atoms with Gasteiger partial charge in [-0.3, -0.25) is 9.78 Å². The molecule has 0 bridgehead atoms. The highest BCUT2D eigenvalue weighted by atomic mass is 35.5. The fourth-order valence-corrected chi connectivity index (χ4v) is 1.36. The topological polar surface area (TPSA) is 82.5 Å². The molecule has 1 aromatic heterocycles. The third kappa shape index (κ3) is 3.44. The summed E-state index contributed by atoms with van der Waals surface area (Å²) in [7, 11) is 0. The van der Waals surface area contributed by atoms with Crippen LogP contribution < -0.4 is 5.32 Å². The summed E-state index contributed by atoms with van der Waals surface area (Å²) in [4.78, 5) is 15.5. The first-order valence-electron chi connectivity index (χ1n) is 4.74. The summed E-state index contributed by atoms with van der Waals surface area (Å²) in [5.41, 5.74) is 0.967.